The van der Waals surface area contributed by atoms with Crippen molar-refractivity contribution in [3.05, 3.63) is 71.0 Å². The van der Waals surface area contributed by atoms with Crippen molar-refractivity contribution < 1.29 is 27.5 Å². The van der Waals surface area contributed by atoms with Crippen molar-refractivity contribution in [1.82, 2.24) is 20.6 Å². The molecule has 0 fully saturated rings. The van der Waals surface area contributed by atoms with Crippen LogP contribution in [0, 0.1) is 0 Å². The number of rotatable bonds is 12. The van der Waals surface area contributed by atoms with Gasteiger partial charge in [0.25, 0.3) is 0 Å². The maximum Gasteiger partial charge on any atom is 0.573 e. The zero-order valence-electron chi connectivity index (χ0n) is 21.1. The van der Waals surface area contributed by atoms with Gasteiger partial charge in [0.15, 0.2) is 0 Å². The SMILES string of the molecule is NC(=O)c1ccc2c(c1)nc(NCCCC(=O)NCCNCc1ccc(OC(F)(F)F)c(Cl)c1)c1ccncc12. The fourth-order valence-corrected chi connectivity index (χ4v) is 4.31. The highest BCUT2D eigenvalue weighted by molar-refractivity contribution is 6.32. The first-order valence-corrected chi connectivity index (χ1v) is 12.7. The maximum atomic E-state index is 12.3. The molecule has 0 spiro atoms. The third kappa shape index (κ3) is 7.70. The number of amides is 2. The van der Waals surface area contributed by atoms with Crippen LogP contribution in [0.3, 0.4) is 0 Å². The molecule has 2 heterocycles. The number of aromatic nitrogens is 2. The van der Waals surface area contributed by atoms with Gasteiger partial charge in [-0.25, -0.2) is 4.98 Å². The van der Waals surface area contributed by atoms with E-state index in [1.54, 1.807) is 30.6 Å². The largest absolute Gasteiger partial charge is 0.573 e. The van der Waals surface area contributed by atoms with Crippen molar-refractivity contribution in [2.24, 2.45) is 5.73 Å². The van der Waals surface area contributed by atoms with Crippen LogP contribution in [0.25, 0.3) is 21.7 Å². The van der Waals surface area contributed by atoms with Crippen molar-refractivity contribution in [3.63, 3.8) is 0 Å². The molecule has 2 aromatic heterocycles. The highest BCUT2D eigenvalue weighted by atomic mass is 35.5. The number of benzene rings is 2. The average molecular weight is 575 g/mol. The number of nitrogens with two attached hydrogens (primary N) is 1. The Hall–Kier alpha value is -4.16. The minimum atomic E-state index is -4.81. The third-order valence-corrected chi connectivity index (χ3v) is 6.22. The minimum Gasteiger partial charge on any atom is -0.404 e. The summed E-state index contributed by atoms with van der Waals surface area (Å²) in [6, 6.07) is 11.0. The van der Waals surface area contributed by atoms with Gasteiger partial charge in [0.2, 0.25) is 11.8 Å². The lowest BCUT2D eigenvalue weighted by Gasteiger charge is -2.12. The lowest BCUT2D eigenvalue weighted by Crippen LogP contribution is -2.31. The van der Waals surface area contributed by atoms with Crippen LogP contribution in [0.4, 0.5) is 19.0 Å². The Morgan fingerprint density at radius 1 is 1.00 bits per heavy atom. The van der Waals surface area contributed by atoms with Gasteiger partial charge in [-0.3, -0.25) is 14.6 Å². The molecule has 0 saturated carbocycles. The second kappa shape index (κ2) is 12.8. The van der Waals surface area contributed by atoms with Crippen molar-refractivity contribution in [1.29, 1.82) is 0 Å². The second-order valence-corrected chi connectivity index (χ2v) is 9.25. The van der Waals surface area contributed by atoms with Crippen LogP contribution in [0.5, 0.6) is 5.75 Å². The number of hydrogen-bond donors (Lipinski definition) is 4. The normalized spacial score (nSPS) is 11.5. The Kier molecular flexibility index (Phi) is 9.22. The molecule has 0 unspecified atom stereocenters. The molecular weight excluding hydrogens is 549 g/mol. The van der Waals surface area contributed by atoms with Crippen molar-refractivity contribution in [2.45, 2.75) is 25.7 Å². The monoisotopic (exact) mass is 574 g/mol. The van der Waals surface area contributed by atoms with Gasteiger partial charge in [0, 0.05) is 66.7 Å². The van der Waals surface area contributed by atoms with Crippen LogP contribution >= 0.6 is 11.6 Å². The number of primary amides is 1. The van der Waals surface area contributed by atoms with Crippen LogP contribution in [0.1, 0.15) is 28.8 Å². The number of nitrogens with one attached hydrogen (secondary N) is 3. The molecule has 9 nitrogen and oxygen atoms in total. The van der Waals surface area contributed by atoms with Crippen LogP contribution in [0.2, 0.25) is 5.02 Å². The number of carbonyl (C=O) groups is 2. The lowest BCUT2D eigenvalue weighted by molar-refractivity contribution is -0.274. The first-order valence-electron chi connectivity index (χ1n) is 12.3. The number of carbonyl (C=O) groups excluding carboxylic acids is 2. The Morgan fingerprint density at radius 3 is 2.58 bits per heavy atom. The zero-order valence-corrected chi connectivity index (χ0v) is 21.9. The van der Waals surface area contributed by atoms with Crippen molar-refractivity contribution >= 4 is 50.9 Å². The zero-order chi connectivity index (χ0) is 28.7. The number of alkyl halides is 3. The third-order valence-electron chi connectivity index (χ3n) is 5.93. The lowest BCUT2D eigenvalue weighted by atomic mass is 10.1. The standard InChI is InChI=1S/C27H26ClF3N6O3/c28-21-12-16(3-6-23(21)40-27(29,30)31)14-34-10-11-35-24(38)2-1-8-36-26-19-7-9-33-15-20(19)18-5-4-17(25(32)39)13-22(18)37-26/h3-7,9,12-13,15,34H,1-2,8,10-11,14H2,(H2,32,39)(H,35,38)(H,36,37). The molecule has 4 aromatic rings. The smallest absolute Gasteiger partial charge is 0.404 e. The highest BCUT2D eigenvalue weighted by Gasteiger charge is 2.32. The van der Waals surface area contributed by atoms with Crippen LogP contribution in [-0.2, 0) is 11.3 Å². The number of nitrogens with zero attached hydrogens (tertiary/aromatic N) is 2. The van der Waals surface area contributed by atoms with Crippen LogP contribution in [0.15, 0.2) is 54.9 Å². The van der Waals surface area contributed by atoms with E-state index in [1.165, 1.54) is 12.1 Å². The molecule has 0 aliphatic heterocycles. The predicted octanol–water partition coefficient (Wildman–Crippen LogP) is 4.53. The Labute approximate surface area is 232 Å². The number of halogens is 4. The Balaban J connectivity index is 1.20. The van der Waals surface area contributed by atoms with Crippen molar-refractivity contribution in [3.8, 4) is 5.75 Å². The van der Waals surface area contributed by atoms with E-state index in [0.29, 0.717) is 61.5 Å². The molecule has 0 aliphatic carbocycles. The van der Waals surface area contributed by atoms with Gasteiger partial charge in [-0.05, 0) is 42.3 Å². The van der Waals surface area contributed by atoms with Gasteiger partial charge in [-0.1, -0.05) is 23.7 Å². The van der Waals surface area contributed by atoms with Gasteiger partial charge in [-0.15, -0.1) is 13.2 Å². The summed E-state index contributed by atoms with van der Waals surface area (Å²) in [6.07, 6.45) is -0.553. The van der Waals surface area contributed by atoms with E-state index in [2.05, 4.69) is 30.7 Å². The van der Waals surface area contributed by atoms with E-state index in [1.807, 2.05) is 6.07 Å². The Bertz CT molecular complexity index is 1530. The summed E-state index contributed by atoms with van der Waals surface area (Å²) in [5.74, 6) is -0.497. The molecule has 0 atom stereocenters. The van der Waals surface area contributed by atoms with E-state index in [9.17, 15) is 22.8 Å². The first-order chi connectivity index (χ1) is 19.1. The molecule has 2 aromatic carbocycles. The summed E-state index contributed by atoms with van der Waals surface area (Å²) in [5.41, 5.74) is 7.05. The number of anilines is 1. The fourth-order valence-electron chi connectivity index (χ4n) is 4.07. The van der Waals surface area contributed by atoms with Gasteiger partial charge in [-0.2, -0.15) is 0 Å². The quantitative estimate of drug-likeness (QED) is 0.144. The molecule has 4 rings (SSSR count). The molecule has 210 valence electrons. The summed E-state index contributed by atoms with van der Waals surface area (Å²) in [7, 11) is 0. The highest BCUT2D eigenvalue weighted by Crippen LogP contribution is 2.31. The molecule has 0 aliphatic rings. The van der Waals surface area contributed by atoms with Gasteiger partial charge in [0.05, 0.1) is 10.5 Å². The summed E-state index contributed by atoms with van der Waals surface area (Å²) in [4.78, 5) is 32.7. The molecule has 2 amide bonds. The summed E-state index contributed by atoms with van der Waals surface area (Å²) >= 11 is 5.85. The van der Waals surface area contributed by atoms with Crippen LogP contribution < -0.4 is 26.4 Å². The molecular formula is C27H26ClF3N6O3. The van der Waals surface area contributed by atoms with Crippen molar-refractivity contribution in [2.75, 3.05) is 25.0 Å². The van der Waals surface area contributed by atoms with E-state index >= 15 is 0 Å². The fraction of sp³-hybridized carbons (Fsp3) is 0.259. The molecule has 5 N–H and O–H groups in total. The topological polar surface area (TPSA) is 131 Å². The molecule has 13 heteroatoms. The number of pyridine rings is 2. The van der Waals surface area contributed by atoms with Crippen LogP contribution in [-0.4, -0.2) is 47.8 Å². The van der Waals surface area contributed by atoms with E-state index in [4.69, 9.17) is 17.3 Å². The van der Waals surface area contributed by atoms with E-state index in [-0.39, 0.29) is 10.9 Å². The summed E-state index contributed by atoms with van der Waals surface area (Å²) < 4.78 is 40.9. The minimum absolute atomic E-state index is 0.119. The second-order valence-electron chi connectivity index (χ2n) is 8.85. The van der Waals surface area contributed by atoms with E-state index < -0.39 is 18.0 Å². The first kappa shape index (κ1) is 28.8. The number of hydrogen-bond acceptors (Lipinski definition) is 7. The van der Waals surface area contributed by atoms with E-state index in [0.717, 1.165) is 22.2 Å². The maximum absolute atomic E-state index is 12.3. The molecule has 40 heavy (non-hydrogen) atoms. The molecule has 0 radical (unpaired) electrons. The number of ether oxygens (including phenoxy) is 1. The predicted molar refractivity (Wildman–Crippen MR) is 146 cm³/mol. The average Bonchev–Trinajstić information content (AvgIpc) is 2.91. The van der Waals surface area contributed by atoms with Gasteiger partial charge in [0.1, 0.15) is 11.6 Å². The van der Waals surface area contributed by atoms with Gasteiger partial charge >= 0.3 is 6.36 Å². The summed E-state index contributed by atoms with van der Waals surface area (Å²) in [6.45, 7) is 1.68. The van der Waals surface area contributed by atoms with Gasteiger partial charge < -0.3 is 26.4 Å². The Morgan fingerprint density at radius 2 is 1.82 bits per heavy atom. The molecule has 0 saturated heterocycles. The number of fused-ring (bicyclic) bond motifs is 3. The molecule has 0 bridgehead atoms. The summed E-state index contributed by atoms with van der Waals surface area (Å²) in [5, 5.41) is 11.6.